The fourth-order valence-corrected chi connectivity index (χ4v) is 5.12. The van der Waals surface area contributed by atoms with Crippen molar-refractivity contribution < 1.29 is 24.2 Å². The van der Waals surface area contributed by atoms with Gasteiger partial charge in [-0.2, -0.15) is 0 Å². The van der Waals surface area contributed by atoms with Crippen molar-refractivity contribution in [3.63, 3.8) is 0 Å². The Morgan fingerprint density at radius 1 is 0.974 bits per heavy atom. The molecule has 1 saturated heterocycles. The summed E-state index contributed by atoms with van der Waals surface area (Å²) in [5, 5.41) is 13.9. The largest absolute Gasteiger partial charge is 0.460 e. The maximum atomic E-state index is 13.7. The Morgan fingerprint density at radius 2 is 1.45 bits per heavy atom. The molecule has 1 aliphatic rings. The number of amides is 1. The van der Waals surface area contributed by atoms with E-state index in [9.17, 15) is 19.5 Å². The van der Waals surface area contributed by atoms with Gasteiger partial charge in [-0.05, 0) is 16.7 Å². The van der Waals surface area contributed by atoms with Crippen molar-refractivity contribution in [1.82, 2.24) is 10.2 Å². The third-order valence-electron chi connectivity index (χ3n) is 6.72. The van der Waals surface area contributed by atoms with E-state index in [1.165, 1.54) is 6.08 Å². The monoisotopic (exact) mass is 532 g/mol. The summed E-state index contributed by atoms with van der Waals surface area (Å²) in [6, 6.07) is 25.7. The number of halogens is 1. The van der Waals surface area contributed by atoms with Crippen molar-refractivity contribution in [3.8, 4) is 0 Å². The lowest BCUT2D eigenvalue weighted by Gasteiger charge is -2.52. The fraction of sp³-hybridized carbons (Fsp3) is 0.233. The van der Waals surface area contributed by atoms with Gasteiger partial charge in [-0.1, -0.05) is 104 Å². The molecule has 0 aromatic heterocycles. The standard InChI is InChI=1S/C30H29ClN2O5/c1-2-18-38-29(37)27(25(35)19-31)33-24(20-34)26(28(33)36)32-30(21-12-6-3-7-13-21,22-14-8-4-9-15-22)23-16-10-5-11-17-23/h2-17,24,26-27,32,34H,1,18-20H2. The van der Waals surface area contributed by atoms with Crippen molar-refractivity contribution in [3.05, 3.63) is 120 Å². The number of hydrogen-bond donors (Lipinski definition) is 2. The molecule has 4 rings (SSSR count). The van der Waals surface area contributed by atoms with Gasteiger partial charge in [0, 0.05) is 0 Å². The molecule has 7 nitrogen and oxygen atoms in total. The number of ether oxygens (including phenoxy) is 1. The van der Waals surface area contributed by atoms with E-state index >= 15 is 0 Å². The first-order valence-electron chi connectivity index (χ1n) is 12.2. The molecule has 3 atom stereocenters. The molecule has 0 spiro atoms. The first kappa shape index (κ1) is 27.3. The Morgan fingerprint density at radius 3 is 1.84 bits per heavy atom. The third-order valence-corrected chi connectivity index (χ3v) is 6.99. The Balaban J connectivity index is 1.80. The summed E-state index contributed by atoms with van der Waals surface area (Å²) in [4.78, 5) is 40.2. The third kappa shape index (κ3) is 5.00. The van der Waals surface area contributed by atoms with Gasteiger partial charge in [0.25, 0.3) is 0 Å². The zero-order valence-electron chi connectivity index (χ0n) is 20.7. The number of aliphatic hydroxyl groups is 1. The Bertz CT molecular complexity index is 1170. The number of esters is 1. The second-order valence-corrected chi connectivity index (χ2v) is 9.15. The number of ketones is 1. The molecule has 38 heavy (non-hydrogen) atoms. The van der Waals surface area contributed by atoms with Crippen LogP contribution in [-0.2, 0) is 24.7 Å². The average molecular weight is 533 g/mol. The van der Waals surface area contributed by atoms with Gasteiger partial charge in [-0.3, -0.25) is 14.9 Å². The van der Waals surface area contributed by atoms with E-state index in [4.69, 9.17) is 16.3 Å². The van der Waals surface area contributed by atoms with E-state index in [-0.39, 0.29) is 6.61 Å². The molecule has 2 N–H and O–H groups in total. The number of β-lactam (4-membered cyclic amide) rings is 1. The first-order valence-corrected chi connectivity index (χ1v) is 12.8. The molecule has 0 saturated carbocycles. The zero-order chi connectivity index (χ0) is 27.1. The smallest absolute Gasteiger partial charge is 0.337 e. The molecule has 0 aliphatic carbocycles. The summed E-state index contributed by atoms with van der Waals surface area (Å²) >= 11 is 5.78. The van der Waals surface area contributed by atoms with Crippen LogP contribution in [0.3, 0.4) is 0 Å². The van der Waals surface area contributed by atoms with Crippen molar-refractivity contribution in [2.75, 3.05) is 19.1 Å². The van der Waals surface area contributed by atoms with Crippen molar-refractivity contribution in [2.24, 2.45) is 0 Å². The minimum Gasteiger partial charge on any atom is -0.460 e. The summed E-state index contributed by atoms with van der Waals surface area (Å²) in [5.74, 6) is -2.61. The molecule has 0 radical (unpaired) electrons. The number of carbonyl (C=O) groups excluding carboxylic acids is 3. The fourth-order valence-electron chi connectivity index (χ4n) is 4.98. The van der Waals surface area contributed by atoms with Gasteiger partial charge >= 0.3 is 5.97 Å². The average Bonchev–Trinajstić information content (AvgIpc) is 2.98. The van der Waals surface area contributed by atoms with E-state index in [0.29, 0.717) is 0 Å². The zero-order valence-corrected chi connectivity index (χ0v) is 21.5. The van der Waals surface area contributed by atoms with Crippen LogP contribution in [-0.4, -0.2) is 64.9 Å². The molecule has 8 heteroatoms. The predicted molar refractivity (Wildman–Crippen MR) is 145 cm³/mol. The van der Waals surface area contributed by atoms with Gasteiger partial charge in [-0.25, -0.2) is 4.79 Å². The second kappa shape index (κ2) is 12.2. The SMILES string of the molecule is C=CCOC(=O)C(C(=O)CCl)N1C(=O)C(NC(c2ccccc2)(c2ccccc2)c2ccccc2)C1CO. The van der Waals surface area contributed by atoms with E-state index in [1.807, 2.05) is 91.0 Å². The lowest BCUT2D eigenvalue weighted by Crippen LogP contribution is -2.77. The number of rotatable bonds is 12. The number of Topliss-reactive ketones (excluding diaryl/α,β-unsaturated/α-hetero) is 1. The number of hydrogen-bond acceptors (Lipinski definition) is 6. The summed E-state index contributed by atoms with van der Waals surface area (Å²) in [7, 11) is 0. The lowest BCUT2D eigenvalue weighted by atomic mass is 9.75. The van der Waals surface area contributed by atoms with Crippen LogP contribution >= 0.6 is 11.6 Å². The predicted octanol–water partition coefficient (Wildman–Crippen LogP) is 3.05. The molecule has 3 unspecified atom stereocenters. The highest BCUT2D eigenvalue weighted by atomic mass is 35.5. The summed E-state index contributed by atoms with van der Waals surface area (Å²) < 4.78 is 5.09. The minimum absolute atomic E-state index is 0.127. The number of nitrogens with zero attached hydrogens (tertiary/aromatic N) is 1. The highest BCUT2D eigenvalue weighted by Crippen LogP contribution is 2.39. The Labute approximate surface area is 226 Å². The maximum absolute atomic E-state index is 13.7. The van der Waals surface area contributed by atoms with Crippen LogP contribution in [0, 0.1) is 0 Å². The van der Waals surface area contributed by atoms with E-state index in [2.05, 4.69) is 11.9 Å². The van der Waals surface area contributed by atoms with Crippen LogP contribution in [0.2, 0.25) is 0 Å². The van der Waals surface area contributed by atoms with Crippen LogP contribution < -0.4 is 5.32 Å². The molecule has 3 aromatic rings. The topological polar surface area (TPSA) is 95.9 Å². The van der Waals surface area contributed by atoms with Gasteiger partial charge in [0.2, 0.25) is 5.91 Å². The maximum Gasteiger partial charge on any atom is 0.337 e. The molecule has 3 aromatic carbocycles. The van der Waals surface area contributed by atoms with Crippen LogP contribution in [0.15, 0.2) is 104 Å². The molecule has 1 heterocycles. The van der Waals surface area contributed by atoms with Crippen molar-refractivity contribution in [2.45, 2.75) is 23.7 Å². The lowest BCUT2D eigenvalue weighted by molar-refractivity contribution is -0.173. The van der Waals surface area contributed by atoms with E-state index < -0.39 is 53.8 Å². The number of benzene rings is 3. The van der Waals surface area contributed by atoms with Gasteiger partial charge in [-0.15, -0.1) is 11.6 Å². The summed E-state index contributed by atoms with van der Waals surface area (Å²) in [6.07, 6.45) is 1.36. The molecule has 1 aliphatic heterocycles. The molecular formula is C30H29ClN2O5. The number of aliphatic hydroxyl groups excluding tert-OH is 1. The summed E-state index contributed by atoms with van der Waals surface area (Å²) in [6.45, 7) is 2.89. The van der Waals surface area contributed by atoms with Gasteiger partial charge in [0.15, 0.2) is 11.8 Å². The number of carbonyl (C=O) groups is 3. The second-order valence-electron chi connectivity index (χ2n) is 8.89. The van der Waals surface area contributed by atoms with E-state index in [1.54, 1.807) is 0 Å². The van der Waals surface area contributed by atoms with Gasteiger partial charge < -0.3 is 14.7 Å². The van der Waals surface area contributed by atoms with Crippen LogP contribution in [0.5, 0.6) is 0 Å². The Kier molecular flexibility index (Phi) is 8.73. The van der Waals surface area contributed by atoms with Crippen LogP contribution in [0.1, 0.15) is 16.7 Å². The summed E-state index contributed by atoms with van der Waals surface area (Å²) in [5.41, 5.74) is 1.64. The van der Waals surface area contributed by atoms with Crippen LogP contribution in [0.4, 0.5) is 0 Å². The van der Waals surface area contributed by atoms with Crippen molar-refractivity contribution in [1.29, 1.82) is 0 Å². The highest BCUT2D eigenvalue weighted by molar-refractivity contribution is 6.30. The Hall–Kier alpha value is -3.78. The number of nitrogens with one attached hydrogen (secondary N) is 1. The molecule has 0 bridgehead atoms. The number of alkyl halides is 1. The van der Waals surface area contributed by atoms with Gasteiger partial charge in [0.05, 0.1) is 24.1 Å². The quantitative estimate of drug-likeness (QED) is 0.0929. The normalized spacial score (nSPS) is 17.8. The molecule has 1 amide bonds. The van der Waals surface area contributed by atoms with Gasteiger partial charge in [0.1, 0.15) is 12.6 Å². The number of likely N-dealkylation sites (tertiary alicyclic amines) is 1. The molecular weight excluding hydrogens is 504 g/mol. The first-order chi connectivity index (χ1) is 18.5. The minimum atomic E-state index is -1.56. The molecule has 196 valence electrons. The van der Waals surface area contributed by atoms with Crippen molar-refractivity contribution >= 4 is 29.3 Å². The van der Waals surface area contributed by atoms with Crippen LogP contribution in [0.25, 0.3) is 0 Å². The molecule has 1 fully saturated rings. The van der Waals surface area contributed by atoms with E-state index in [0.717, 1.165) is 21.6 Å². The highest BCUT2D eigenvalue weighted by Gasteiger charge is 2.56.